The number of nitrogens with one attached hydrogen (secondary N) is 1. The molecule has 0 spiro atoms. The highest BCUT2D eigenvalue weighted by molar-refractivity contribution is 5.97. The van der Waals surface area contributed by atoms with E-state index in [9.17, 15) is 19.2 Å². The summed E-state index contributed by atoms with van der Waals surface area (Å²) in [5.74, 6) is -0.389. The van der Waals surface area contributed by atoms with Gasteiger partial charge in [0.2, 0.25) is 23.6 Å². The molecule has 0 aromatic heterocycles. The Bertz CT molecular complexity index is 1050. The van der Waals surface area contributed by atoms with Crippen molar-refractivity contribution in [1.29, 1.82) is 0 Å². The SMILES string of the molecule is C/C(=C\[C@H](C(C)C)N(C)C(=O)[C@@H](NC(=O)[C@H]1CCCCN1C(C)C)C(C)(C)C)C(=O)N1CCC[C@H]1C(=O)N1CC=CC1. The third-order valence-electron chi connectivity index (χ3n) is 9.07. The van der Waals surface area contributed by atoms with E-state index < -0.39 is 17.5 Å². The molecule has 3 aliphatic rings. The summed E-state index contributed by atoms with van der Waals surface area (Å²) >= 11 is 0. The van der Waals surface area contributed by atoms with Crippen molar-refractivity contribution in [2.75, 3.05) is 33.2 Å². The normalized spacial score (nSPS) is 23.5. The van der Waals surface area contributed by atoms with Gasteiger partial charge in [0.1, 0.15) is 12.1 Å². The number of carbonyl (C=O) groups excluding carboxylic acids is 4. The highest BCUT2D eigenvalue weighted by Gasteiger charge is 2.41. The zero-order valence-electron chi connectivity index (χ0n) is 27.5. The first kappa shape index (κ1) is 33.8. The van der Waals surface area contributed by atoms with Gasteiger partial charge in [0.25, 0.3) is 0 Å². The number of rotatable bonds is 9. The van der Waals surface area contributed by atoms with E-state index in [1.54, 1.807) is 28.7 Å². The van der Waals surface area contributed by atoms with Crippen LogP contribution in [-0.2, 0) is 19.2 Å². The van der Waals surface area contributed by atoms with Crippen LogP contribution >= 0.6 is 0 Å². The molecule has 9 nitrogen and oxygen atoms in total. The van der Waals surface area contributed by atoms with E-state index >= 15 is 0 Å². The van der Waals surface area contributed by atoms with Gasteiger partial charge in [0, 0.05) is 38.3 Å². The molecular formula is C33H55N5O4. The summed E-state index contributed by atoms with van der Waals surface area (Å²) in [5, 5.41) is 3.14. The molecule has 0 aliphatic carbocycles. The summed E-state index contributed by atoms with van der Waals surface area (Å²) in [6, 6.07) is -1.50. The predicted octanol–water partition coefficient (Wildman–Crippen LogP) is 3.60. The van der Waals surface area contributed by atoms with Gasteiger partial charge >= 0.3 is 0 Å². The van der Waals surface area contributed by atoms with Crippen molar-refractivity contribution in [2.24, 2.45) is 11.3 Å². The second-order valence-corrected chi connectivity index (χ2v) is 14.1. The van der Waals surface area contributed by atoms with E-state index in [-0.39, 0.29) is 47.7 Å². The quantitative estimate of drug-likeness (QED) is 0.330. The van der Waals surface area contributed by atoms with Gasteiger partial charge in [-0.25, -0.2) is 0 Å². The van der Waals surface area contributed by atoms with E-state index in [0.717, 1.165) is 32.2 Å². The van der Waals surface area contributed by atoms with Crippen LogP contribution in [0.2, 0.25) is 0 Å². The molecule has 0 radical (unpaired) electrons. The standard InChI is InChI=1S/C33H55N5O4/c1-22(2)27(21-24(5)30(40)38-20-14-16-26(38)31(41)36-17-12-13-18-36)35(9)32(42)28(33(6,7)8)34-29(39)25-15-10-11-19-37(25)23(3)4/h12-13,21-23,25-28H,10-11,14-20H2,1-9H3,(H,34,39)/b24-21+/t25-,26+,27-,28-/m1/s1. The number of likely N-dealkylation sites (tertiary alicyclic amines) is 2. The zero-order chi connectivity index (χ0) is 31.4. The lowest BCUT2D eigenvalue weighted by molar-refractivity contribution is -0.142. The first-order chi connectivity index (χ1) is 19.6. The molecule has 1 N–H and O–H groups in total. The van der Waals surface area contributed by atoms with Crippen LogP contribution in [0.3, 0.4) is 0 Å². The van der Waals surface area contributed by atoms with Crippen LogP contribution in [0, 0.1) is 11.3 Å². The van der Waals surface area contributed by atoms with Crippen LogP contribution < -0.4 is 5.32 Å². The zero-order valence-corrected chi connectivity index (χ0v) is 27.5. The predicted molar refractivity (Wildman–Crippen MR) is 166 cm³/mol. The average molecular weight is 586 g/mol. The highest BCUT2D eigenvalue weighted by Crippen LogP contribution is 2.27. The van der Waals surface area contributed by atoms with Crippen LogP contribution in [0.4, 0.5) is 0 Å². The molecular weight excluding hydrogens is 530 g/mol. The minimum Gasteiger partial charge on any atom is -0.342 e. The maximum absolute atomic E-state index is 14.1. The third-order valence-corrected chi connectivity index (χ3v) is 9.07. The Morgan fingerprint density at radius 2 is 1.55 bits per heavy atom. The van der Waals surface area contributed by atoms with Crippen molar-refractivity contribution in [3.8, 4) is 0 Å². The number of carbonyl (C=O) groups is 4. The molecule has 0 aromatic carbocycles. The van der Waals surface area contributed by atoms with Gasteiger partial charge in [-0.15, -0.1) is 0 Å². The van der Waals surface area contributed by atoms with E-state index in [0.29, 0.717) is 31.6 Å². The topological polar surface area (TPSA) is 93.3 Å². The van der Waals surface area contributed by atoms with Gasteiger partial charge in [-0.2, -0.15) is 0 Å². The Labute approximate surface area is 253 Å². The fraction of sp³-hybridized carbons (Fsp3) is 0.758. The van der Waals surface area contributed by atoms with Crippen molar-refractivity contribution in [3.05, 3.63) is 23.8 Å². The number of hydrogen-bond acceptors (Lipinski definition) is 5. The van der Waals surface area contributed by atoms with Gasteiger partial charge in [-0.1, -0.05) is 59.3 Å². The molecule has 0 bridgehead atoms. The Hall–Kier alpha value is -2.68. The largest absolute Gasteiger partial charge is 0.342 e. The van der Waals surface area contributed by atoms with Crippen molar-refractivity contribution in [1.82, 2.24) is 24.9 Å². The molecule has 2 fully saturated rings. The number of likely N-dealkylation sites (N-methyl/N-ethyl adjacent to an activating group) is 1. The molecule has 0 saturated carbocycles. The minimum atomic E-state index is -0.716. The van der Waals surface area contributed by atoms with E-state index in [1.165, 1.54) is 0 Å². The second-order valence-electron chi connectivity index (χ2n) is 14.1. The molecule has 0 aromatic rings. The fourth-order valence-corrected chi connectivity index (χ4v) is 6.53. The van der Waals surface area contributed by atoms with Gasteiger partial charge in [-0.05, 0) is 64.3 Å². The molecule has 2 saturated heterocycles. The smallest absolute Gasteiger partial charge is 0.249 e. The molecule has 9 heteroatoms. The number of hydrogen-bond donors (Lipinski definition) is 1. The Morgan fingerprint density at radius 3 is 2.12 bits per heavy atom. The summed E-state index contributed by atoms with van der Waals surface area (Å²) in [5.41, 5.74) is 0.0147. The third kappa shape index (κ3) is 7.82. The van der Waals surface area contributed by atoms with Crippen molar-refractivity contribution in [3.63, 3.8) is 0 Å². The molecule has 236 valence electrons. The summed E-state index contributed by atoms with van der Waals surface area (Å²) in [6.45, 7) is 18.6. The molecule has 4 amide bonds. The maximum atomic E-state index is 14.1. The van der Waals surface area contributed by atoms with Crippen molar-refractivity contribution < 1.29 is 19.2 Å². The highest BCUT2D eigenvalue weighted by atomic mass is 16.2. The first-order valence-corrected chi connectivity index (χ1v) is 15.9. The number of piperidine rings is 1. The van der Waals surface area contributed by atoms with Crippen molar-refractivity contribution in [2.45, 2.75) is 118 Å². The Kier molecular flexibility index (Phi) is 11.4. The molecule has 3 rings (SSSR count). The summed E-state index contributed by atoms with van der Waals surface area (Å²) in [6.07, 6.45) is 10.2. The van der Waals surface area contributed by atoms with Gasteiger partial charge < -0.3 is 20.0 Å². The average Bonchev–Trinajstić information content (AvgIpc) is 3.65. The lowest BCUT2D eigenvalue weighted by Gasteiger charge is -2.41. The molecule has 4 atom stereocenters. The maximum Gasteiger partial charge on any atom is 0.249 e. The molecule has 3 heterocycles. The van der Waals surface area contributed by atoms with Gasteiger partial charge in [0.05, 0.1) is 12.1 Å². The van der Waals surface area contributed by atoms with Gasteiger partial charge in [-0.3, -0.25) is 24.1 Å². The van der Waals surface area contributed by atoms with E-state index in [1.807, 2.05) is 52.8 Å². The molecule has 3 aliphatic heterocycles. The van der Waals surface area contributed by atoms with Crippen LogP contribution in [-0.4, -0.2) is 107 Å². The van der Waals surface area contributed by atoms with Crippen LogP contribution in [0.1, 0.15) is 87.5 Å². The monoisotopic (exact) mass is 585 g/mol. The molecule has 42 heavy (non-hydrogen) atoms. The fourth-order valence-electron chi connectivity index (χ4n) is 6.53. The number of amides is 4. The first-order valence-electron chi connectivity index (χ1n) is 15.9. The summed E-state index contributed by atoms with van der Waals surface area (Å²) in [4.78, 5) is 61.8. The van der Waals surface area contributed by atoms with Crippen LogP contribution in [0.15, 0.2) is 23.8 Å². The van der Waals surface area contributed by atoms with E-state index in [4.69, 9.17) is 0 Å². The summed E-state index contributed by atoms with van der Waals surface area (Å²) in [7, 11) is 1.76. The second kappa shape index (κ2) is 14.2. The number of nitrogens with zero attached hydrogens (tertiary/aromatic N) is 4. The Morgan fingerprint density at radius 1 is 0.929 bits per heavy atom. The lowest BCUT2D eigenvalue weighted by Crippen LogP contribution is -2.60. The van der Waals surface area contributed by atoms with E-state index in [2.05, 4.69) is 24.1 Å². The minimum absolute atomic E-state index is 0.00381. The molecule has 0 unspecified atom stereocenters. The van der Waals surface area contributed by atoms with Crippen LogP contribution in [0.5, 0.6) is 0 Å². The lowest BCUT2D eigenvalue weighted by atomic mass is 9.84. The van der Waals surface area contributed by atoms with Gasteiger partial charge in [0.15, 0.2) is 0 Å². The van der Waals surface area contributed by atoms with Crippen molar-refractivity contribution >= 4 is 23.6 Å². The summed E-state index contributed by atoms with van der Waals surface area (Å²) < 4.78 is 0. The Balaban J connectivity index is 1.78. The van der Waals surface area contributed by atoms with Crippen LogP contribution in [0.25, 0.3) is 0 Å².